The molecule has 0 bridgehead atoms. The Morgan fingerprint density at radius 3 is 2.28 bits per heavy atom. The molecule has 0 aromatic heterocycles. The molecule has 0 saturated carbocycles. The summed E-state index contributed by atoms with van der Waals surface area (Å²) in [5.41, 5.74) is 7.04. The monoisotopic (exact) mass is 399 g/mol. The van der Waals surface area contributed by atoms with Gasteiger partial charge in [-0.2, -0.15) is 0 Å². The Kier molecular flexibility index (Phi) is 7.25. The van der Waals surface area contributed by atoms with E-state index in [9.17, 15) is 19.6 Å². The topological polar surface area (TPSA) is 134 Å². The zero-order valence-corrected chi connectivity index (χ0v) is 16.7. The molecule has 9 heteroatoms. The van der Waals surface area contributed by atoms with E-state index in [0.29, 0.717) is 22.4 Å². The van der Waals surface area contributed by atoms with Crippen LogP contribution in [0, 0.1) is 0 Å². The summed E-state index contributed by atoms with van der Waals surface area (Å²) >= 11 is 0. The first-order chi connectivity index (χ1) is 13.5. The van der Waals surface area contributed by atoms with Crippen molar-refractivity contribution in [3.8, 4) is 0 Å². The van der Waals surface area contributed by atoms with Gasteiger partial charge in [-0.25, -0.2) is 4.79 Å². The lowest BCUT2D eigenvalue weighted by Crippen LogP contribution is -2.47. The highest BCUT2D eigenvalue weighted by Gasteiger charge is 2.25. The highest BCUT2D eigenvalue weighted by atomic mass is 16.6. The van der Waals surface area contributed by atoms with Crippen molar-refractivity contribution in [2.75, 3.05) is 11.1 Å². The molecule has 1 atom stereocenters. The number of amides is 2. The van der Waals surface area contributed by atoms with Crippen LogP contribution in [-0.2, 0) is 16.0 Å². The van der Waals surface area contributed by atoms with Crippen LogP contribution >= 0.6 is 0 Å². The standard InChI is InChI=1S/C20H26BN3O5/c1-20(2,3)29-19(26)24-17(12-13-8-10-14(11-9-13)21(27)28)18(25)23-16-7-5-4-6-15(16)22/h4-11,17,27-28H,12,22H2,1-3H3,(H,23,25)(H,24,26)/t17-/m0/s1. The van der Waals surface area contributed by atoms with Crippen LogP contribution in [0.5, 0.6) is 0 Å². The van der Waals surface area contributed by atoms with Crippen LogP contribution in [0.3, 0.4) is 0 Å². The molecule has 2 aromatic carbocycles. The first-order valence-electron chi connectivity index (χ1n) is 9.15. The van der Waals surface area contributed by atoms with Gasteiger partial charge in [-0.15, -0.1) is 0 Å². The van der Waals surface area contributed by atoms with E-state index in [1.165, 1.54) is 12.1 Å². The minimum absolute atomic E-state index is 0.166. The number of para-hydroxylation sites is 2. The minimum Gasteiger partial charge on any atom is -0.444 e. The predicted molar refractivity (Wildman–Crippen MR) is 113 cm³/mol. The summed E-state index contributed by atoms with van der Waals surface area (Å²) in [4.78, 5) is 25.1. The molecule has 0 saturated heterocycles. The van der Waals surface area contributed by atoms with E-state index in [1.54, 1.807) is 57.2 Å². The molecule has 2 rings (SSSR count). The second-order valence-electron chi connectivity index (χ2n) is 7.59. The molecule has 0 heterocycles. The molecule has 0 spiro atoms. The number of anilines is 2. The average Bonchev–Trinajstić information content (AvgIpc) is 2.62. The number of hydrogen-bond donors (Lipinski definition) is 5. The largest absolute Gasteiger partial charge is 0.488 e. The molecule has 29 heavy (non-hydrogen) atoms. The van der Waals surface area contributed by atoms with Gasteiger partial charge in [0.15, 0.2) is 0 Å². The Morgan fingerprint density at radius 2 is 1.72 bits per heavy atom. The highest BCUT2D eigenvalue weighted by molar-refractivity contribution is 6.58. The number of nitrogen functional groups attached to an aromatic ring is 1. The third-order valence-corrected chi connectivity index (χ3v) is 3.94. The molecule has 0 aliphatic carbocycles. The summed E-state index contributed by atoms with van der Waals surface area (Å²) in [6, 6.07) is 12.3. The van der Waals surface area contributed by atoms with Crippen LogP contribution < -0.4 is 21.8 Å². The maximum atomic E-state index is 12.8. The molecule has 0 aliphatic heterocycles. The molecule has 0 fully saturated rings. The Morgan fingerprint density at radius 1 is 1.10 bits per heavy atom. The summed E-state index contributed by atoms with van der Waals surface area (Å²) in [5, 5.41) is 23.7. The molecule has 8 nitrogen and oxygen atoms in total. The summed E-state index contributed by atoms with van der Waals surface area (Å²) in [6.07, 6.45) is -0.555. The maximum absolute atomic E-state index is 12.8. The van der Waals surface area contributed by atoms with E-state index in [2.05, 4.69) is 10.6 Å². The molecule has 2 amide bonds. The van der Waals surface area contributed by atoms with E-state index in [4.69, 9.17) is 10.5 Å². The van der Waals surface area contributed by atoms with Crippen molar-refractivity contribution in [2.24, 2.45) is 0 Å². The fraction of sp³-hybridized carbons (Fsp3) is 0.300. The van der Waals surface area contributed by atoms with Crippen molar-refractivity contribution >= 4 is 36.0 Å². The first-order valence-corrected chi connectivity index (χ1v) is 9.15. The van der Waals surface area contributed by atoms with E-state index in [-0.39, 0.29) is 6.42 Å². The normalized spacial score (nSPS) is 12.0. The van der Waals surface area contributed by atoms with Gasteiger partial charge in [-0.1, -0.05) is 36.4 Å². The number of rotatable bonds is 6. The van der Waals surface area contributed by atoms with Crippen LogP contribution in [-0.4, -0.2) is 40.8 Å². The number of nitrogens with one attached hydrogen (secondary N) is 2. The number of benzene rings is 2. The fourth-order valence-corrected chi connectivity index (χ4v) is 2.55. The Bertz CT molecular complexity index is 850. The van der Waals surface area contributed by atoms with E-state index < -0.39 is 30.8 Å². The smallest absolute Gasteiger partial charge is 0.444 e. The van der Waals surface area contributed by atoms with E-state index in [0.717, 1.165) is 0 Å². The van der Waals surface area contributed by atoms with Crippen molar-refractivity contribution in [1.82, 2.24) is 5.32 Å². The zero-order valence-electron chi connectivity index (χ0n) is 16.7. The molecule has 0 radical (unpaired) electrons. The Hall–Kier alpha value is -3.04. The van der Waals surface area contributed by atoms with Gasteiger partial charge in [0, 0.05) is 6.42 Å². The summed E-state index contributed by atoms with van der Waals surface area (Å²) < 4.78 is 5.26. The second kappa shape index (κ2) is 9.44. The molecule has 2 aromatic rings. The number of carbonyl (C=O) groups is 2. The quantitative estimate of drug-likeness (QED) is 0.364. The van der Waals surface area contributed by atoms with E-state index in [1.807, 2.05) is 0 Å². The average molecular weight is 399 g/mol. The molecule has 0 unspecified atom stereocenters. The fourth-order valence-electron chi connectivity index (χ4n) is 2.55. The van der Waals surface area contributed by atoms with Gasteiger partial charge < -0.3 is 31.2 Å². The first kappa shape index (κ1) is 22.3. The third-order valence-electron chi connectivity index (χ3n) is 3.94. The molecular weight excluding hydrogens is 373 g/mol. The molecular formula is C20H26BN3O5. The van der Waals surface area contributed by atoms with Crippen molar-refractivity contribution in [1.29, 1.82) is 0 Å². The zero-order chi connectivity index (χ0) is 21.6. The predicted octanol–water partition coefficient (Wildman–Crippen LogP) is 1.02. The van der Waals surface area contributed by atoms with Gasteiger partial charge in [-0.3, -0.25) is 4.79 Å². The lowest BCUT2D eigenvalue weighted by molar-refractivity contribution is -0.118. The lowest BCUT2D eigenvalue weighted by Gasteiger charge is -2.23. The van der Waals surface area contributed by atoms with Crippen molar-refractivity contribution in [3.05, 3.63) is 54.1 Å². The summed E-state index contributed by atoms with van der Waals surface area (Å²) in [7, 11) is -1.58. The lowest BCUT2D eigenvalue weighted by atomic mass is 9.80. The van der Waals surface area contributed by atoms with Crippen molar-refractivity contribution < 1.29 is 24.4 Å². The van der Waals surface area contributed by atoms with Crippen molar-refractivity contribution in [3.63, 3.8) is 0 Å². The minimum atomic E-state index is -1.58. The van der Waals surface area contributed by atoms with Crippen molar-refractivity contribution in [2.45, 2.75) is 38.8 Å². The molecule has 6 N–H and O–H groups in total. The van der Waals surface area contributed by atoms with Gasteiger partial charge in [0.1, 0.15) is 11.6 Å². The summed E-state index contributed by atoms with van der Waals surface area (Å²) in [6.45, 7) is 5.18. The van der Waals surface area contributed by atoms with Crippen LogP contribution in [0.2, 0.25) is 0 Å². The molecule has 154 valence electrons. The maximum Gasteiger partial charge on any atom is 0.488 e. The Balaban J connectivity index is 2.18. The van der Waals surface area contributed by atoms with Gasteiger partial charge in [-0.05, 0) is 43.9 Å². The number of alkyl carbamates (subject to hydrolysis) is 1. The number of carbonyl (C=O) groups excluding carboxylic acids is 2. The van der Waals surface area contributed by atoms with Gasteiger partial charge in [0.05, 0.1) is 11.4 Å². The van der Waals surface area contributed by atoms with Gasteiger partial charge in [0.2, 0.25) is 5.91 Å². The van der Waals surface area contributed by atoms with Crippen LogP contribution in [0.1, 0.15) is 26.3 Å². The van der Waals surface area contributed by atoms with Crippen LogP contribution in [0.4, 0.5) is 16.2 Å². The van der Waals surface area contributed by atoms with Crippen LogP contribution in [0.15, 0.2) is 48.5 Å². The number of ether oxygens (including phenoxy) is 1. The SMILES string of the molecule is CC(C)(C)OC(=O)N[C@@H](Cc1ccc(B(O)O)cc1)C(=O)Nc1ccccc1N. The van der Waals surface area contributed by atoms with Gasteiger partial charge in [0.25, 0.3) is 0 Å². The highest BCUT2D eigenvalue weighted by Crippen LogP contribution is 2.17. The van der Waals surface area contributed by atoms with E-state index >= 15 is 0 Å². The number of hydrogen-bond acceptors (Lipinski definition) is 6. The molecule has 0 aliphatic rings. The number of nitrogens with two attached hydrogens (primary N) is 1. The van der Waals surface area contributed by atoms with Crippen LogP contribution in [0.25, 0.3) is 0 Å². The third kappa shape index (κ3) is 7.13. The second-order valence-corrected chi connectivity index (χ2v) is 7.59. The van der Waals surface area contributed by atoms with Gasteiger partial charge >= 0.3 is 13.2 Å². The Labute approximate surface area is 170 Å². The summed E-state index contributed by atoms with van der Waals surface area (Å²) in [5.74, 6) is -0.458.